The molecule has 0 radical (unpaired) electrons. The van der Waals surface area contributed by atoms with Crippen LogP contribution in [0, 0.1) is 0 Å². The second-order valence-electron chi connectivity index (χ2n) is 9.94. The van der Waals surface area contributed by atoms with Gasteiger partial charge in [0.1, 0.15) is 23.3 Å². The van der Waals surface area contributed by atoms with Crippen LogP contribution in [0.1, 0.15) is 39.2 Å². The lowest BCUT2D eigenvalue weighted by atomic mass is 10.1. The zero-order valence-corrected chi connectivity index (χ0v) is 21.1. The fourth-order valence-corrected chi connectivity index (χ4v) is 3.93. The smallest absolute Gasteiger partial charge is 0.410 e. The van der Waals surface area contributed by atoms with Gasteiger partial charge in [-0.25, -0.2) is 9.79 Å². The number of amidine groups is 2. The third kappa shape index (κ3) is 7.99. The first-order valence-electron chi connectivity index (χ1n) is 11.9. The van der Waals surface area contributed by atoms with E-state index in [1.165, 1.54) is 0 Å². The lowest BCUT2D eigenvalue weighted by molar-refractivity contribution is -0.0213. The number of nitrogens with zero attached hydrogens (tertiary/aromatic N) is 4. The van der Waals surface area contributed by atoms with E-state index in [1.807, 2.05) is 45.0 Å². The molecule has 9 heteroatoms. The second kappa shape index (κ2) is 11.7. The molecule has 1 amide bonds. The summed E-state index contributed by atoms with van der Waals surface area (Å²) in [6.07, 6.45) is 1.59. The summed E-state index contributed by atoms with van der Waals surface area (Å²) in [6, 6.07) is 7.90. The summed E-state index contributed by atoms with van der Waals surface area (Å²) in [4.78, 5) is 26.3. The van der Waals surface area contributed by atoms with Crippen LogP contribution >= 0.6 is 0 Å². The quantitative estimate of drug-likeness (QED) is 0.521. The van der Waals surface area contributed by atoms with Crippen LogP contribution in [0.25, 0.3) is 0 Å². The number of morpholine rings is 1. The summed E-state index contributed by atoms with van der Waals surface area (Å²) in [7, 11) is 3.76. The highest BCUT2D eigenvalue weighted by molar-refractivity contribution is 5.99. The number of amides is 1. The van der Waals surface area contributed by atoms with Gasteiger partial charge in [0.25, 0.3) is 0 Å². The van der Waals surface area contributed by atoms with Crippen molar-refractivity contribution in [3.63, 3.8) is 0 Å². The molecular formula is C25H39N5O4. The van der Waals surface area contributed by atoms with Gasteiger partial charge in [-0.2, -0.15) is 0 Å². The van der Waals surface area contributed by atoms with Crippen LogP contribution < -0.4 is 10.5 Å². The van der Waals surface area contributed by atoms with E-state index < -0.39 is 11.7 Å². The molecule has 1 unspecified atom stereocenters. The van der Waals surface area contributed by atoms with Crippen LogP contribution in [-0.2, 0) is 15.9 Å². The van der Waals surface area contributed by atoms with E-state index in [0.29, 0.717) is 37.8 Å². The molecule has 9 nitrogen and oxygen atoms in total. The second-order valence-corrected chi connectivity index (χ2v) is 9.94. The maximum Gasteiger partial charge on any atom is 0.410 e. The van der Waals surface area contributed by atoms with E-state index in [4.69, 9.17) is 29.9 Å². The number of aliphatic imine (C=N–C) groups is 2. The molecule has 2 aliphatic rings. The van der Waals surface area contributed by atoms with Gasteiger partial charge in [0.15, 0.2) is 5.84 Å². The van der Waals surface area contributed by atoms with E-state index in [2.05, 4.69) is 11.9 Å². The molecule has 2 saturated heterocycles. The normalized spacial score (nSPS) is 21.4. The number of hydrogen-bond acceptors (Lipinski definition) is 6. The molecule has 1 aromatic carbocycles. The SMILES string of the molecule is COc1ccc(CC(N)=NC(=NC2CCN(C)CC2)C2CN(C(=O)OC(C)(C)C)CCO2)cc1. The molecule has 1 atom stereocenters. The van der Waals surface area contributed by atoms with Crippen molar-refractivity contribution in [3.8, 4) is 5.75 Å². The molecule has 2 heterocycles. The first-order chi connectivity index (χ1) is 16.1. The van der Waals surface area contributed by atoms with Crippen molar-refractivity contribution in [2.45, 2.75) is 57.8 Å². The fraction of sp³-hybridized carbons (Fsp3) is 0.640. The van der Waals surface area contributed by atoms with Crippen molar-refractivity contribution in [1.29, 1.82) is 0 Å². The van der Waals surface area contributed by atoms with Crippen molar-refractivity contribution in [3.05, 3.63) is 29.8 Å². The van der Waals surface area contributed by atoms with Crippen molar-refractivity contribution in [2.24, 2.45) is 15.7 Å². The monoisotopic (exact) mass is 473 g/mol. The van der Waals surface area contributed by atoms with Gasteiger partial charge in [-0.1, -0.05) is 12.1 Å². The molecule has 2 fully saturated rings. The predicted octanol–water partition coefficient (Wildman–Crippen LogP) is 2.72. The van der Waals surface area contributed by atoms with E-state index in [0.717, 1.165) is 37.2 Å². The van der Waals surface area contributed by atoms with Crippen LogP contribution in [0.3, 0.4) is 0 Å². The minimum absolute atomic E-state index is 0.157. The van der Waals surface area contributed by atoms with Crippen LogP contribution in [-0.4, -0.2) is 92.3 Å². The molecule has 2 aliphatic heterocycles. The molecule has 1 aromatic rings. The van der Waals surface area contributed by atoms with Crippen molar-refractivity contribution >= 4 is 17.8 Å². The lowest BCUT2D eigenvalue weighted by Gasteiger charge is -2.34. The number of nitrogens with two attached hydrogens (primary N) is 1. The lowest BCUT2D eigenvalue weighted by Crippen LogP contribution is -2.50. The molecule has 0 aliphatic carbocycles. The number of carbonyl (C=O) groups is 1. The van der Waals surface area contributed by atoms with Crippen molar-refractivity contribution in [2.75, 3.05) is 46.9 Å². The van der Waals surface area contributed by atoms with Gasteiger partial charge >= 0.3 is 6.09 Å². The zero-order chi connectivity index (χ0) is 24.7. The number of carbonyl (C=O) groups excluding carboxylic acids is 1. The summed E-state index contributed by atoms with van der Waals surface area (Å²) in [5, 5.41) is 0. The topological polar surface area (TPSA) is 102 Å². The largest absolute Gasteiger partial charge is 0.497 e. The molecule has 0 saturated carbocycles. The molecule has 188 valence electrons. The summed E-state index contributed by atoms with van der Waals surface area (Å²) >= 11 is 0. The van der Waals surface area contributed by atoms with E-state index in [-0.39, 0.29) is 12.1 Å². The van der Waals surface area contributed by atoms with Crippen LogP contribution in [0.5, 0.6) is 5.75 Å². The average molecular weight is 474 g/mol. The van der Waals surface area contributed by atoms with Gasteiger partial charge in [0, 0.05) is 13.0 Å². The highest BCUT2D eigenvalue weighted by atomic mass is 16.6. The van der Waals surface area contributed by atoms with Crippen LogP contribution in [0.2, 0.25) is 0 Å². The fourth-order valence-electron chi connectivity index (χ4n) is 3.93. The summed E-state index contributed by atoms with van der Waals surface area (Å²) in [5.74, 6) is 1.80. The Morgan fingerprint density at radius 3 is 2.47 bits per heavy atom. The molecule has 0 aromatic heterocycles. The Hall–Kier alpha value is -2.65. The predicted molar refractivity (Wildman–Crippen MR) is 134 cm³/mol. The first-order valence-corrected chi connectivity index (χ1v) is 11.9. The number of benzene rings is 1. The number of likely N-dealkylation sites (tertiary alicyclic amines) is 1. The molecule has 0 spiro atoms. The number of piperidine rings is 1. The Labute approximate surface area is 203 Å². The Morgan fingerprint density at radius 2 is 1.85 bits per heavy atom. The standard InChI is InChI=1S/C25H39N5O4/c1-25(2,3)34-24(31)30-14-15-33-21(17-30)23(27-19-10-12-29(4)13-11-19)28-22(26)16-18-6-8-20(32-5)9-7-18/h6-9,19,21H,10-17H2,1-5H3,(H2,26,27,28). The van der Waals surface area contributed by atoms with Gasteiger partial charge in [-0.15, -0.1) is 0 Å². The number of rotatable bonds is 5. The van der Waals surface area contributed by atoms with Gasteiger partial charge in [-0.3, -0.25) is 4.99 Å². The summed E-state index contributed by atoms with van der Waals surface area (Å²) in [5.41, 5.74) is 6.83. The Morgan fingerprint density at radius 1 is 1.18 bits per heavy atom. The first kappa shape index (κ1) is 26.0. The minimum atomic E-state index is -0.559. The van der Waals surface area contributed by atoms with Gasteiger partial charge in [-0.05, 0) is 71.4 Å². The Balaban J connectivity index is 1.78. The molecule has 3 rings (SSSR count). The van der Waals surface area contributed by atoms with E-state index >= 15 is 0 Å². The van der Waals surface area contributed by atoms with Crippen LogP contribution in [0.15, 0.2) is 34.3 Å². The third-order valence-electron chi connectivity index (χ3n) is 5.81. The Bertz CT molecular complexity index is 870. The average Bonchev–Trinajstić information content (AvgIpc) is 2.79. The molecule has 34 heavy (non-hydrogen) atoms. The maximum atomic E-state index is 12.7. The highest BCUT2D eigenvalue weighted by Gasteiger charge is 2.31. The third-order valence-corrected chi connectivity index (χ3v) is 5.81. The van der Waals surface area contributed by atoms with Crippen molar-refractivity contribution < 1.29 is 19.0 Å². The van der Waals surface area contributed by atoms with E-state index in [1.54, 1.807) is 12.0 Å². The molecular weight excluding hydrogens is 434 g/mol. The van der Waals surface area contributed by atoms with Crippen molar-refractivity contribution in [1.82, 2.24) is 9.80 Å². The number of hydrogen-bond donors (Lipinski definition) is 1. The molecule has 2 N–H and O–H groups in total. The number of ether oxygens (including phenoxy) is 3. The molecule has 0 bridgehead atoms. The zero-order valence-electron chi connectivity index (χ0n) is 21.1. The summed E-state index contributed by atoms with van der Waals surface area (Å²) < 4.78 is 16.8. The summed E-state index contributed by atoms with van der Waals surface area (Å²) in [6.45, 7) is 8.76. The van der Waals surface area contributed by atoms with Gasteiger partial charge in [0.2, 0.25) is 0 Å². The van der Waals surface area contributed by atoms with Gasteiger partial charge < -0.3 is 29.7 Å². The van der Waals surface area contributed by atoms with Crippen LogP contribution in [0.4, 0.5) is 4.79 Å². The highest BCUT2D eigenvalue weighted by Crippen LogP contribution is 2.18. The number of methoxy groups -OCH3 is 1. The minimum Gasteiger partial charge on any atom is -0.497 e. The van der Waals surface area contributed by atoms with Gasteiger partial charge in [0.05, 0.1) is 26.3 Å². The maximum absolute atomic E-state index is 12.7. The van der Waals surface area contributed by atoms with E-state index in [9.17, 15) is 4.79 Å². The Kier molecular flexibility index (Phi) is 8.90.